The van der Waals surface area contributed by atoms with E-state index in [0.717, 1.165) is 41.8 Å². The number of phenols is 2. The van der Waals surface area contributed by atoms with E-state index in [1.165, 1.54) is 24.6 Å². The smallest absolute Gasteiger partial charge is 0.179 e. The second kappa shape index (κ2) is 11.0. The van der Waals surface area contributed by atoms with Gasteiger partial charge in [0.25, 0.3) is 0 Å². The molecule has 3 atom stereocenters. The van der Waals surface area contributed by atoms with Crippen LogP contribution in [-0.4, -0.2) is 55.5 Å². The van der Waals surface area contributed by atoms with Gasteiger partial charge in [-0.2, -0.15) is 0 Å². The first-order valence-corrected chi connectivity index (χ1v) is 15.6. The van der Waals surface area contributed by atoms with Crippen LogP contribution in [0.4, 0.5) is 0 Å². The number of halogens is 1. The lowest BCUT2D eigenvalue weighted by molar-refractivity contribution is 0.169. The SMILES string of the molecule is CC1=C(c2cc(O)cc(Cl)c2)C(c2ccc(OC[C@H](C)N3CC[C@@H](C)C3)cc2)Oc2cc(S(C)(=O)=O)c(O)cc21. The van der Waals surface area contributed by atoms with Crippen LogP contribution in [0.5, 0.6) is 23.0 Å². The van der Waals surface area contributed by atoms with Gasteiger partial charge in [0.1, 0.15) is 40.6 Å². The minimum Gasteiger partial charge on any atom is -0.508 e. The Labute approximate surface area is 240 Å². The van der Waals surface area contributed by atoms with Crippen LogP contribution in [0.1, 0.15) is 50.0 Å². The van der Waals surface area contributed by atoms with Crippen LogP contribution in [0.15, 0.2) is 59.5 Å². The Balaban J connectivity index is 1.50. The Morgan fingerprint density at radius 2 is 1.85 bits per heavy atom. The maximum absolute atomic E-state index is 12.3. The fraction of sp³-hybridized carbons (Fsp3) is 0.355. The van der Waals surface area contributed by atoms with E-state index in [0.29, 0.717) is 40.5 Å². The number of rotatable bonds is 7. The lowest BCUT2D eigenvalue weighted by atomic mass is 9.86. The first kappa shape index (κ1) is 28.3. The first-order chi connectivity index (χ1) is 18.9. The van der Waals surface area contributed by atoms with Gasteiger partial charge in [-0.3, -0.25) is 4.90 Å². The van der Waals surface area contributed by atoms with Gasteiger partial charge in [0.2, 0.25) is 0 Å². The highest BCUT2D eigenvalue weighted by Gasteiger charge is 2.32. The number of aromatic hydroxyl groups is 2. The highest BCUT2D eigenvalue weighted by atomic mass is 35.5. The third-order valence-corrected chi connectivity index (χ3v) is 9.07. The second-order valence-electron chi connectivity index (χ2n) is 10.9. The van der Waals surface area contributed by atoms with Gasteiger partial charge >= 0.3 is 0 Å². The molecular weight excluding hydrogens is 550 g/mol. The minimum atomic E-state index is -3.69. The van der Waals surface area contributed by atoms with Crippen molar-refractivity contribution >= 4 is 32.6 Å². The molecule has 0 bridgehead atoms. The van der Waals surface area contributed by atoms with Crippen molar-refractivity contribution in [1.29, 1.82) is 0 Å². The molecule has 0 amide bonds. The molecule has 7 nitrogen and oxygen atoms in total. The van der Waals surface area contributed by atoms with Crippen LogP contribution >= 0.6 is 11.6 Å². The van der Waals surface area contributed by atoms with Crippen LogP contribution in [0.2, 0.25) is 5.02 Å². The average Bonchev–Trinajstić information content (AvgIpc) is 3.32. The van der Waals surface area contributed by atoms with Gasteiger partial charge in [-0.1, -0.05) is 30.7 Å². The first-order valence-electron chi connectivity index (χ1n) is 13.3. The molecule has 0 spiro atoms. The lowest BCUT2D eigenvalue weighted by Crippen LogP contribution is -2.35. The predicted octanol–water partition coefficient (Wildman–Crippen LogP) is 6.33. The van der Waals surface area contributed by atoms with E-state index >= 15 is 0 Å². The van der Waals surface area contributed by atoms with Crippen LogP contribution in [0.25, 0.3) is 11.1 Å². The van der Waals surface area contributed by atoms with E-state index in [-0.39, 0.29) is 16.4 Å². The van der Waals surface area contributed by atoms with E-state index in [4.69, 9.17) is 21.1 Å². The summed E-state index contributed by atoms with van der Waals surface area (Å²) in [6.07, 6.45) is 1.62. The molecule has 2 aliphatic rings. The standard InChI is InChI=1S/C31H34ClNO6S/c1-18-9-10-33(16-18)19(2)17-38-25-7-5-21(6-8-25)31-30(22-11-23(32)13-24(34)12-22)20(3)26-14-27(35)29(40(4,36)37)15-28(26)39-31/h5-8,11-15,18-19,31,34-35H,9-10,16-17H2,1-4H3/t18-,19+,31?/m1/s1. The van der Waals surface area contributed by atoms with Crippen molar-refractivity contribution in [2.45, 2.75) is 44.2 Å². The zero-order valence-corrected chi connectivity index (χ0v) is 24.6. The van der Waals surface area contributed by atoms with E-state index in [9.17, 15) is 18.6 Å². The number of hydrogen-bond acceptors (Lipinski definition) is 7. The average molecular weight is 584 g/mol. The molecule has 9 heteroatoms. The van der Waals surface area contributed by atoms with E-state index in [2.05, 4.69) is 18.7 Å². The summed E-state index contributed by atoms with van der Waals surface area (Å²) in [5.41, 5.74) is 3.52. The summed E-state index contributed by atoms with van der Waals surface area (Å²) in [7, 11) is -3.69. The third kappa shape index (κ3) is 5.80. The van der Waals surface area contributed by atoms with Crippen molar-refractivity contribution in [2.75, 3.05) is 26.0 Å². The molecule has 40 heavy (non-hydrogen) atoms. The number of ether oxygens (including phenoxy) is 2. The number of hydrogen-bond donors (Lipinski definition) is 2. The number of likely N-dealkylation sites (tertiary alicyclic amines) is 1. The van der Waals surface area contributed by atoms with Crippen LogP contribution in [-0.2, 0) is 9.84 Å². The molecule has 2 N–H and O–H groups in total. The molecule has 2 aliphatic heterocycles. The molecule has 0 aliphatic carbocycles. The molecule has 3 aromatic rings. The Morgan fingerprint density at radius 3 is 2.48 bits per heavy atom. The summed E-state index contributed by atoms with van der Waals surface area (Å²) < 4.78 is 37.1. The lowest BCUT2D eigenvalue weighted by Gasteiger charge is -2.31. The fourth-order valence-corrected chi connectivity index (χ4v) is 6.52. The second-order valence-corrected chi connectivity index (χ2v) is 13.4. The number of sulfone groups is 1. The van der Waals surface area contributed by atoms with Crippen molar-refractivity contribution in [3.05, 3.63) is 76.3 Å². The number of fused-ring (bicyclic) bond motifs is 1. The minimum absolute atomic E-state index is 0.00730. The van der Waals surface area contributed by atoms with Crippen LogP contribution in [0.3, 0.4) is 0 Å². The third-order valence-electron chi connectivity index (χ3n) is 7.72. The highest BCUT2D eigenvalue weighted by molar-refractivity contribution is 7.90. The molecule has 0 radical (unpaired) electrons. The summed E-state index contributed by atoms with van der Waals surface area (Å²) in [5.74, 6) is 1.45. The van der Waals surface area contributed by atoms with Crippen molar-refractivity contribution in [1.82, 2.24) is 4.90 Å². The molecule has 1 unspecified atom stereocenters. The van der Waals surface area contributed by atoms with Gasteiger partial charge in [0, 0.05) is 41.1 Å². The maximum atomic E-state index is 12.3. The molecule has 0 saturated carbocycles. The van der Waals surface area contributed by atoms with E-state index in [1.54, 1.807) is 12.1 Å². The van der Waals surface area contributed by atoms with Gasteiger partial charge in [-0.05, 0) is 85.8 Å². The fourth-order valence-electron chi connectivity index (χ4n) is 5.53. The van der Waals surface area contributed by atoms with Crippen molar-refractivity contribution < 1.29 is 28.1 Å². The number of nitrogens with zero attached hydrogens (tertiary/aromatic N) is 1. The Morgan fingerprint density at radius 1 is 1.12 bits per heavy atom. The Bertz CT molecular complexity index is 1550. The summed E-state index contributed by atoms with van der Waals surface area (Å²) in [6.45, 7) is 9.11. The van der Waals surface area contributed by atoms with Crippen molar-refractivity contribution in [3.8, 4) is 23.0 Å². The zero-order chi connectivity index (χ0) is 28.8. The van der Waals surface area contributed by atoms with Gasteiger partial charge in [-0.25, -0.2) is 8.42 Å². The van der Waals surface area contributed by atoms with E-state index in [1.807, 2.05) is 31.2 Å². The summed E-state index contributed by atoms with van der Waals surface area (Å²) in [6, 6.07) is 15.5. The van der Waals surface area contributed by atoms with Gasteiger partial charge in [-0.15, -0.1) is 0 Å². The van der Waals surface area contributed by atoms with Gasteiger partial charge in [0.15, 0.2) is 9.84 Å². The predicted molar refractivity (Wildman–Crippen MR) is 157 cm³/mol. The number of benzene rings is 3. The summed E-state index contributed by atoms with van der Waals surface area (Å²) >= 11 is 6.29. The monoisotopic (exact) mass is 583 g/mol. The highest BCUT2D eigenvalue weighted by Crippen LogP contribution is 2.49. The zero-order valence-electron chi connectivity index (χ0n) is 23.0. The maximum Gasteiger partial charge on any atom is 0.179 e. The molecule has 1 saturated heterocycles. The number of phenolic OH excluding ortho intramolecular Hbond substituents is 2. The largest absolute Gasteiger partial charge is 0.508 e. The topological polar surface area (TPSA) is 96.3 Å². The van der Waals surface area contributed by atoms with Crippen molar-refractivity contribution in [2.24, 2.45) is 5.92 Å². The normalized spacial score (nSPS) is 20.2. The molecule has 2 heterocycles. The van der Waals surface area contributed by atoms with Gasteiger partial charge < -0.3 is 19.7 Å². The molecule has 0 aromatic heterocycles. The molecule has 1 fully saturated rings. The quantitative estimate of drug-likeness (QED) is 0.335. The molecule has 3 aromatic carbocycles. The molecule has 5 rings (SSSR count). The number of allylic oxidation sites excluding steroid dienone is 1. The van der Waals surface area contributed by atoms with Gasteiger partial charge in [0.05, 0.1) is 0 Å². The molecular formula is C31H34ClNO6S. The van der Waals surface area contributed by atoms with Crippen LogP contribution in [0, 0.1) is 5.92 Å². The van der Waals surface area contributed by atoms with Crippen molar-refractivity contribution in [3.63, 3.8) is 0 Å². The Kier molecular flexibility index (Phi) is 7.79. The summed E-state index contributed by atoms with van der Waals surface area (Å²) in [5, 5.41) is 21.2. The van der Waals surface area contributed by atoms with E-state index < -0.39 is 15.9 Å². The summed E-state index contributed by atoms with van der Waals surface area (Å²) in [4.78, 5) is 2.25. The Hall–Kier alpha value is -3.20. The van der Waals surface area contributed by atoms with Crippen LogP contribution < -0.4 is 9.47 Å². The molecule has 212 valence electrons.